The lowest BCUT2D eigenvalue weighted by molar-refractivity contribution is 0.192. The van der Waals surface area contributed by atoms with Crippen molar-refractivity contribution < 1.29 is 9.53 Å². The number of amides is 1. The van der Waals surface area contributed by atoms with E-state index in [0.717, 1.165) is 18.4 Å². The van der Waals surface area contributed by atoms with Crippen molar-refractivity contribution in [3.63, 3.8) is 0 Å². The second-order valence-corrected chi connectivity index (χ2v) is 5.14. The molecule has 21 heavy (non-hydrogen) atoms. The van der Waals surface area contributed by atoms with Gasteiger partial charge in [-0.2, -0.15) is 0 Å². The number of carbonyl (C=O) groups excluding carboxylic acids is 1. The van der Waals surface area contributed by atoms with Crippen molar-refractivity contribution >= 4 is 6.09 Å². The Morgan fingerprint density at radius 3 is 2.62 bits per heavy atom. The summed E-state index contributed by atoms with van der Waals surface area (Å²) in [5.74, 6) is 1.08. The van der Waals surface area contributed by atoms with Crippen LogP contribution in [0.25, 0.3) is 11.4 Å². The van der Waals surface area contributed by atoms with Gasteiger partial charge in [-0.15, -0.1) is 5.10 Å². The molecule has 0 radical (unpaired) electrons. The normalized spacial score (nSPS) is 15.6. The number of nitrogens with zero attached hydrogens (tertiary/aromatic N) is 3. The Bertz CT molecular complexity index is 576. The molecule has 7 heteroatoms. The molecule has 1 heterocycles. The van der Waals surface area contributed by atoms with E-state index in [0.29, 0.717) is 11.6 Å². The summed E-state index contributed by atoms with van der Waals surface area (Å²) in [4.78, 5) is 11.8. The molecular weight excluding hydrogens is 270 g/mol. The van der Waals surface area contributed by atoms with Gasteiger partial charge in [0.2, 0.25) is 0 Å². The average Bonchev–Trinajstić information content (AvgIpc) is 3.03. The molecule has 0 saturated heterocycles. The number of carbonyl (C=O) groups is 1. The fraction of sp³-hybridized carbons (Fsp3) is 0.429. The molecular formula is C14H17N5O2. The zero-order valence-corrected chi connectivity index (χ0v) is 11.6. The lowest BCUT2D eigenvalue weighted by Crippen LogP contribution is -2.37. The first-order chi connectivity index (χ1) is 10.3. The van der Waals surface area contributed by atoms with E-state index in [4.69, 9.17) is 4.74 Å². The number of rotatable bonds is 3. The molecule has 0 atom stereocenters. The molecule has 0 unspecified atom stereocenters. The maximum atomic E-state index is 11.8. The minimum absolute atomic E-state index is 0.241. The summed E-state index contributed by atoms with van der Waals surface area (Å²) in [6, 6.07) is 7.28. The Labute approximate surface area is 122 Å². The lowest BCUT2D eigenvalue weighted by atomic mass is 9.96. The smallest absolute Gasteiger partial charge is 0.410 e. The Morgan fingerprint density at radius 1 is 1.19 bits per heavy atom. The van der Waals surface area contributed by atoms with E-state index < -0.39 is 6.09 Å². The molecule has 0 spiro atoms. The first kappa shape index (κ1) is 13.5. The van der Waals surface area contributed by atoms with E-state index >= 15 is 0 Å². The molecule has 3 rings (SSSR count). The highest BCUT2D eigenvalue weighted by molar-refractivity contribution is 5.71. The topological polar surface area (TPSA) is 92.8 Å². The highest BCUT2D eigenvalue weighted by Gasteiger charge is 2.16. The van der Waals surface area contributed by atoms with Gasteiger partial charge in [0.25, 0.3) is 0 Å². The number of hydrogen-bond acceptors (Lipinski definition) is 5. The van der Waals surface area contributed by atoms with E-state index in [2.05, 4.69) is 25.9 Å². The SMILES string of the molecule is O=C(NC1CCCCC1)Oc1ccc(-c2nnn[nH]2)cc1. The van der Waals surface area contributed by atoms with Gasteiger partial charge in [0.15, 0.2) is 5.82 Å². The number of aromatic amines is 1. The molecule has 7 nitrogen and oxygen atoms in total. The van der Waals surface area contributed by atoms with Gasteiger partial charge >= 0.3 is 6.09 Å². The van der Waals surface area contributed by atoms with Gasteiger partial charge in [-0.25, -0.2) is 9.89 Å². The Balaban J connectivity index is 1.56. The predicted octanol–water partition coefficient (Wildman–Crippen LogP) is 2.29. The van der Waals surface area contributed by atoms with Gasteiger partial charge < -0.3 is 10.1 Å². The van der Waals surface area contributed by atoms with Crippen LogP contribution in [0.5, 0.6) is 5.75 Å². The van der Waals surface area contributed by atoms with Crippen molar-refractivity contribution in [1.29, 1.82) is 0 Å². The van der Waals surface area contributed by atoms with E-state index in [1.165, 1.54) is 19.3 Å². The van der Waals surface area contributed by atoms with E-state index in [1.807, 2.05) is 0 Å². The number of benzene rings is 1. The fourth-order valence-corrected chi connectivity index (χ4v) is 2.51. The summed E-state index contributed by atoms with van der Waals surface area (Å²) in [5.41, 5.74) is 0.833. The maximum Gasteiger partial charge on any atom is 0.412 e. The van der Waals surface area contributed by atoms with Crippen molar-refractivity contribution in [3.8, 4) is 17.1 Å². The first-order valence-electron chi connectivity index (χ1n) is 7.14. The van der Waals surface area contributed by atoms with Gasteiger partial charge in [0, 0.05) is 11.6 Å². The van der Waals surface area contributed by atoms with Crippen LogP contribution in [0, 0.1) is 0 Å². The zero-order chi connectivity index (χ0) is 14.5. The van der Waals surface area contributed by atoms with Crippen molar-refractivity contribution in [2.75, 3.05) is 0 Å². The van der Waals surface area contributed by atoms with Crippen LogP contribution in [-0.2, 0) is 0 Å². The van der Waals surface area contributed by atoms with Gasteiger partial charge in [0.1, 0.15) is 5.75 Å². The van der Waals surface area contributed by atoms with Crippen molar-refractivity contribution in [2.24, 2.45) is 0 Å². The molecule has 1 fully saturated rings. The summed E-state index contributed by atoms with van der Waals surface area (Å²) in [6.45, 7) is 0. The molecule has 1 aliphatic rings. The predicted molar refractivity (Wildman–Crippen MR) is 75.6 cm³/mol. The number of hydrogen-bond donors (Lipinski definition) is 2. The third-order valence-electron chi connectivity index (χ3n) is 3.61. The van der Waals surface area contributed by atoms with Crippen molar-refractivity contribution in [2.45, 2.75) is 38.1 Å². The van der Waals surface area contributed by atoms with Crippen molar-refractivity contribution in [3.05, 3.63) is 24.3 Å². The molecule has 1 amide bonds. The Morgan fingerprint density at radius 2 is 1.95 bits per heavy atom. The van der Waals surface area contributed by atoms with Crippen LogP contribution in [0.2, 0.25) is 0 Å². The third-order valence-corrected chi connectivity index (χ3v) is 3.61. The van der Waals surface area contributed by atoms with Gasteiger partial charge in [0.05, 0.1) is 0 Å². The van der Waals surface area contributed by atoms with Crippen LogP contribution >= 0.6 is 0 Å². The molecule has 0 bridgehead atoms. The molecule has 2 N–H and O–H groups in total. The molecule has 1 aromatic heterocycles. The summed E-state index contributed by atoms with van der Waals surface area (Å²) in [5, 5.41) is 16.4. The molecule has 110 valence electrons. The summed E-state index contributed by atoms with van der Waals surface area (Å²) >= 11 is 0. The Hall–Kier alpha value is -2.44. The third kappa shape index (κ3) is 3.56. The monoisotopic (exact) mass is 287 g/mol. The minimum Gasteiger partial charge on any atom is -0.410 e. The first-order valence-corrected chi connectivity index (χ1v) is 7.14. The van der Waals surface area contributed by atoms with Gasteiger partial charge in [-0.05, 0) is 47.5 Å². The molecule has 1 saturated carbocycles. The number of ether oxygens (including phenoxy) is 1. The van der Waals surface area contributed by atoms with Crippen molar-refractivity contribution in [1.82, 2.24) is 25.9 Å². The number of nitrogens with one attached hydrogen (secondary N) is 2. The number of aromatic nitrogens is 4. The largest absolute Gasteiger partial charge is 0.412 e. The highest BCUT2D eigenvalue weighted by atomic mass is 16.6. The highest BCUT2D eigenvalue weighted by Crippen LogP contribution is 2.20. The van der Waals surface area contributed by atoms with Crippen LogP contribution in [0.15, 0.2) is 24.3 Å². The van der Waals surface area contributed by atoms with Crippen LogP contribution in [0.1, 0.15) is 32.1 Å². The van der Waals surface area contributed by atoms with E-state index in [-0.39, 0.29) is 6.04 Å². The second kappa shape index (κ2) is 6.34. The standard InChI is InChI=1S/C14H17N5O2/c20-14(15-11-4-2-1-3-5-11)21-12-8-6-10(7-9-12)13-16-18-19-17-13/h6-9,11H,1-5H2,(H,15,20)(H,16,17,18,19). The number of H-pyrrole nitrogens is 1. The van der Waals surface area contributed by atoms with Crippen LogP contribution in [-0.4, -0.2) is 32.8 Å². The minimum atomic E-state index is -0.393. The summed E-state index contributed by atoms with van der Waals surface area (Å²) in [6.07, 6.45) is 5.27. The van der Waals surface area contributed by atoms with E-state index in [1.54, 1.807) is 24.3 Å². The average molecular weight is 287 g/mol. The molecule has 1 aliphatic carbocycles. The Kier molecular flexibility index (Phi) is 4.09. The van der Waals surface area contributed by atoms with Crippen LogP contribution in [0.3, 0.4) is 0 Å². The number of tetrazole rings is 1. The van der Waals surface area contributed by atoms with Crippen LogP contribution in [0.4, 0.5) is 4.79 Å². The molecule has 1 aromatic carbocycles. The lowest BCUT2D eigenvalue weighted by Gasteiger charge is -2.22. The quantitative estimate of drug-likeness (QED) is 0.903. The maximum absolute atomic E-state index is 11.8. The summed E-state index contributed by atoms with van der Waals surface area (Å²) < 4.78 is 5.28. The van der Waals surface area contributed by atoms with Gasteiger partial charge in [-0.1, -0.05) is 19.3 Å². The van der Waals surface area contributed by atoms with E-state index in [9.17, 15) is 4.79 Å². The van der Waals surface area contributed by atoms with Crippen LogP contribution < -0.4 is 10.1 Å². The summed E-state index contributed by atoms with van der Waals surface area (Å²) in [7, 11) is 0. The second-order valence-electron chi connectivity index (χ2n) is 5.14. The molecule has 2 aromatic rings. The fourth-order valence-electron chi connectivity index (χ4n) is 2.51. The van der Waals surface area contributed by atoms with Gasteiger partial charge in [-0.3, -0.25) is 0 Å². The molecule has 0 aliphatic heterocycles. The zero-order valence-electron chi connectivity index (χ0n) is 11.6.